The first-order valence-electron chi connectivity index (χ1n) is 5.58. The second-order valence-electron chi connectivity index (χ2n) is 4.17. The van der Waals surface area contributed by atoms with Gasteiger partial charge in [-0.05, 0) is 24.3 Å². The molecule has 0 aromatic heterocycles. The van der Waals surface area contributed by atoms with Crippen LogP contribution in [-0.4, -0.2) is 43.8 Å². The van der Waals surface area contributed by atoms with Crippen LogP contribution in [0, 0.1) is 0 Å². The molecule has 6 nitrogen and oxygen atoms in total. The molecule has 1 aromatic rings. The predicted molar refractivity (Wildman–Crippen MR) is 68.8 cm³/mol. The summed E-state index contributed by atoms with van der Waals surface area (Å²) in [4.78, 5) is 13.7. The van der Waals surface area contributed by atoms with Crippen molar-refractivity contribution in [2.75, 3.05) is 30.0 Å². The van der Waals surface area contributed by atoms with Crippen LogP contribution in [0.2, 0.25) is 0 Å². The fraction of sp³-hybridized carbons (Fsp3) is 0.364. The lowest BCUT2D eigenvalue weighted by molar-refractivity contribution is 0.0770. The van der Waals surface area contributed by atoms with Gasteiger partial charge in [-0.25, -0.2) is 8.42 Å². The molecule has 18 heavy (non-hydrogen) atoms. The van der Waals surface area contributed by atoms with Crippen LogP contribution in [0.4, 0.5) is 5.69 Å². The van der Waals surface area contributed by atoms with E-state index in [1.807, 2.05) is 0 Å². The summed E-state index contributed by atoms with van der Waals surface area (Å²) in [6, 6.07) is 6.74. The summed E-state index contributed by atoms with van der Waals surface area (Å²) in [5.41, 5.74) is 3.73. The van der Waals surface area contributed by atoms with Crippen molar-refractivity contribution in [3.05, 3.63) is 29.8 Å². The second kappa shape index (κ2) is 4.95. The fourth-order valence-corrected chi connectivity index (χ4v) is 3.01. The van der Waals surface area contributed by atoms with Crippen LogP contribution in [0.3, 0.4) is 0 Å². The zero-order valence-electron chi connectivity index (χ0n) is 9.80. The van der Waals surface area contributed by atoms with Crippen LogP contribution in [-0.2, 0) is 9.84 Å². The van der Waals surface area contributed by atoms with Gasteiger partial charge in [0, 0.05) is 24.3 Å². The fourth-order valence-electron chi connectivity index (χ4n) is 1.81. The third kappa shape index (κ3) is 2.80. The SMILES string of the molecule is NNc1ccc(C(=O)N2CCS(=O)(=O)CC2)cc1. The average molecular weight is 269 g/mol. The van der Waals surface area contributed by atoms with Gasteiger partial charge in [0.2, 0.25) is 0 Å². The van der Waals surface area contributed by atoms with Gasteiger partial charge < -0.3 is 10.3 Å². The van der Waals surface area contributed by atoms with Crippen molar-refractivity contribution in [3.63, 3.8) is 0 Å². The number of nitrogens with two attached hydrogens (primary N) is 1. The van der Waals surface area contributed by atoms with Gasteiger partial charge >= 0.3 is 0 Å². The molecule has 7 heteroatoms. The van der Waals surface area contributed by atoms with Crippen molar-refractivity contribution < 1.29 is 13.2 Å². The van der Waals surface area contributed by atoms with Gasteiger partial charge in [-0.2, -0.15) is 0 Å². The Kier molecular flexibility index (Phi) is 3.53. The number of nitrogens with zero attached hydrogens (tertiary/aromatic N) is 1. The molecule has 0 aliphatic carbocycles. The van der Waals surface area contributed by atoms with E-state index in [2.05, 4.69) is 5.43 Å². The highest BCUT2D eigenvalue weighted by atomic mass is 32.2. The number of hydrogen-bond acceptors (Lipinski definition) is 5. The summed E-state index contributed by atoms with van der Waals surface area (Å²) < 4.78 is 22.6. The van der Waals surface area contributed by atoms with Crippen molar-refractivity contribution >= 4 is 21.4 Å². The summed E-state index contributed by atoms with van der Waals surface area (Å²) in [7, 11) is -2.96. The molecule has 98 valence electrons. The molecule has 0 bridgehead atoms. The Balaban J connectivity index is 2.07. The monoisotopic (exact) mass is 269 g/mol. The highest BCUT2D eigenvalue weighted by Gasteiger charge is 2.25. The van der Waals surface area contributed by atoms with Gasteiger partial charge in [0.05, 0.1) is 11.5 Å². The van der Waals surface area contributed by atoms with E-state index in [9.17, 15) is 13.2 Å². The van der Waals surface area contributed by atoms with Crippen LogP contribution in [0.5, 0.6) is 0 Å². The molecular weight excluding hydrogens is 254 g/mol. The number of hydrogen-bond donors (Lipinski definition) is 2. The number of hydrazine groups is 1. The van der Waals surface area contributed by atoms with Crippen LogP contribution >= 0.6 is 0 Å². The van der Waals surface area contributed by atoms with E-state index in [0.29, 0.717) is 11.3 Å². The zero-order valence-corrected chi connectivity index (χ0v) is 10.6. The number of nitrogens with one attached hydrogen (secondary N) is 1. The van der Waals surface area contributed by atoms with E-state index in [4.69, 9.17) is 5.84 Å². The molecule has 0 spiro atoms. The van der Waals surface area contributed by atoms with Gasteiger partial charge in [0.15, 0.2) is 9.84 Å². The van der Waals surface area contributed by atoms with Crippen LogP contribution in [0.1, 0.15) is 10.4 Å². The second-order valence-corrected chi connectivity index (χ2v) is 6.47. The molecule has 1 saturated heterocycles. The van der Waals surface area contributed by atoms with Gasteiger partial charge in [-0.15, -0.1) is 0 Å². The molecule has 3 N–H and O–H groups in total. The van der Waals surface area contributed by atoms with E-state index in [1.54, 1.807) is 29.2 Å². The van der Waals surface area contributed by atoms with Gasteiger partial charge in [0.1, 0.15) is 0 Å². The van der Waals surface area contributed by atoms with Crippen molar-refractivity contribution in [1.82, 2.24) is 4.90 Å². The first-order valence-corrected chi connectivity index (χ1v) is 7.40. The Morgan fingerprint density at radius 2 is 1.72 bits per heavy atom. The molecule has 1 aliphatic heterocycles. The number of rotatable bonds is 2. The summed E-state index contributed by atoms with van der Waals surface area (Å²) in [6.07, 6.45) is 0. The number of nitrogen functional groups attached to an aromatic ring is 1. The molecule has 0 unspecified atom stereocenters. The number of sulfone groups is 1. The maximum atomic E-state index is 12.1. The summed E-state index contributed by atoms with van der Waals surface area (Å²) in [5.74, 6) is 5.18. The summed E-state index contributed by atoms with van der Waals surface area (Å²) in [6.45, 7) is 0.524. The average Bonchev–Trinajstić information content (AvgIpc) is 2.38. The third-order valence-corrected chi connectivity index (χ3v) is 4.54. The quantitative estimate of drug-likeness (QED) is 0.575. The highest BCUT2D eigenvalue weighted by Crippen LogP contribution is 2.12. The maximum Gasteiger partial charge on any atom is 0.253 e. The normalized spacial score (nSPS) is 18.4. The molecule has 1 aromatic carbocycles. The Labute approximate surface area is 106 Å². The number of benzene rings is 1. The van der Waals surface area contributed by atoms with E-state index in [-0.39, 0.29) is 30.5 Å². The molecule has 0 atom stereocenters. The minimum atomic E-state index is -2.96. The molecule has 0 radical (unpaired) electrons. The molecule has 1 aliphatic rings. The Bertz CT molecular complexity index is 525. The van der Waals surface area contributed by atoms with Crippen LogP contribution in [0.15, 0.2) is 24.3 Å². The number of anilines is 1. The van der Waals surface area contributed by atoms with Gasteiger partial charge in [-0.3, -0.25) is 10.6 Å². The largest absolute Gasteiger partial charge is 0.337 e. The maximum absolute atomic E-state index is 12.1. The lowest BCUT2D eigenvalue weighted by Gasteiger charge is -2.26. The predicted octanol–water partition coefficient (Wildman–Crippen LogP) is -0.157. The number of amides is 1. The van der Waals surface area contributed by atoms with Crippen molar-refractivity contribution in [2.24, 2.45) is 5.84 Å². The zero-order chi connectivity index (χ0) is 13.2. The van der Waals surface area contributed by atoms with Crippen molar-refractivity contribution in [1.29, 1.82) is 0 Å². The standard InChI is InChI=1S/C11H15N3O3S/c12-13-10-3-1-9(2-4-10)11(15)14-5-7-18(16,17)8-6-14/h1-4,13H,5-8,12H2. The van der Waals surface area contributed by atoms with Gasteiger partial charge in [-0.1, -0.05) is 0 Å². The topological polar surface area (TPSA) is 92.5 Å². The number of carbonyl (C=O) groups is 1. The first-order chi connectivity index (χ1) is 8.52. The highest BCUT2D eigenvalue weighted by molar-refractivity contribution is 7.91. The van der Waals surface area contributed by atoms with E-state index in [0.717, 1.165) is 0 Å². The minimum Gasteiger partial charge on any atom is -0.337 e. The molecule has 1 heterocycles. The Morgan fingerprint density at radius 3 is 2.22 bits per heavy atom. The first kappa shape index (κ1) is 12.8. The lowest BCUT2D eigenvalue weighted by Crippen LogP contribution is -2.43. The molecule has 2 rings (SSSR count). The lowest BCUT2D eigenvalue weighted by atomic mass is 10.2. The Morgan fingerprint density at radius 1 is 1.17 bits per heavy atom. The van der Waals surface area contributed by atoms with Crippen molar-refractivity contribution in [3.8, 4) is 0 Å². The van der Waals surface area contributed by atoms with Crippen molar-refractivity contribution in [2.45, 2.75) is 0 Å². The molecule has 1 fully saturated rings. The minimum absolute atomic E-state index is 0.0428. The molecule has 1 amide bonds. The van der Waals surface area contributed by atoms with E-state index in [1.165, 1.54) is 0 Å². The molecular formula is C11H15N3O3S. The van der Waals surface area contributed by atoms with Gasteiger partial charge in [0.25, 0.3) is 5.91 Å². The van der Waals surface area contributed by atoms with E-state index >= 15 is 0 Å². The summed E-state index contributed by atoms with van der Waals surface area (Å²) in [5, 5.41) is 0. The Hall–Kier alpha value is -1.60. The summed E-state index contributed by atoms with van der Waals surface area (Å²) >= 11 is 0. The number of carbonyl (C=O) groups excluding carboxylic acids is 1. The molecule has 0 saturated carbocycles. The smallest absolute Gasteiger partial charge is 0.253 e. The van der Waals surface area contributed by atoms with Crippen LogP contribution < -0.4 is 11.3 Å². The third-order valence-electron chi connectivity index (χ3n) is 2.93. The van der Waals surface area contributed by atoms with E-state index < -0.39 is 9.84 Å². The van der Waals surface area contributed by atoms with Crippen LogP contribution in [0.25, 0.3) is 0 Å².